The Hall–Kier alpha value is -3.54. The van der Waals surface area contributed by atoms with Crippen molar-refractivity contribution in [1.29, 1.82) is 0 Å². The van der Waals surface area contributed by atoms with Gasteiger partial charge in [0.25, 0.3) is 5.56 Å². The highest BCUT2D eigenvalue weighted by Crippen LogP contribution is 2.30. The normalized spacial score (nSPS) is 14.8. The number of nitrogens with zero attached hydrogens (tertiary/aromatic N) is 5. The van der Waals surface area contributed by atoms with E-state index < -0.39 is 0 Å². The summed E-state index contributed by atoms with van der Waals surface area (Å²) in [5.41, 5.74) is 4.95. The summed E-state index contributed by atoms with van der Waals surface area (Å²) in [7, 11) is 0. The van der Waals surface area contributed by atoms with Gasteiger partial charge in [0.05, 0.1) is 11.0 Å². The fraction of sp³-hybridized carbons (Fsp3) is 0.280. The zero-order valence-corrected chi connectivity index (χ0v) is 17.2. The zero-order valence-electron chi connectivity index (χ0n) is 17.2. The van der Waals surface area contributed by atoms with E-state index in [2.05, 4.69) is 16.7 Å². The van der Waals surface area contributed by atoms with Gasteiger partial charge in [0.15, 0.2) is 11.3 Å². The predicted molar refractivity (Wildman–Crippen MR) is 122 cm³/mol. The van der Waals surface area contributed by atoms with Crippen LogP contribution in [0.3, 0.4) is 0 Å². The third kappa shape index (κ3) is 3.02. The fourth-order valence-electron chi connectivity index (χ4n) is 4.86. The summed E-state index contributed by atoms with van der Waals surface area (Å²) in [6, 6.07) is 18.4. The van der Waals surface area contributed by atoms with Gasteiger partial charge >= 0.3 is 0 Å². The molecule has 3 aromatic heterocycles. The Kier molecular flexibility index (Phi) is 4.30. The summed E-state index contributed by atoms with van der Waals surface area (Å²) in [6.07, 6.45) is 6.97. The summed E-state index contributed by atoms with van der Waals surface area (Å²) in [5, 5.41) is 0.593. The molecular weight excluding hydrogens is 386 g/mol. The van der Waals surface area contributed by atoms with E-state index in [0.717, 1.165) is 35.9 Å². The van der Waals surface area contributed by atoms with Crippen molar-refractivity contribution in [3.8, 4) is 0 Å². The van der Waals surface area contributed by atoms with E-state index in [1.807, 2.05) is 47.0 Å². The second-order valence-corrected chi connectivity index (χ2v) is 8.37. The molecule has 1 saturated carbocycles. The highest BCUT2D eigenvalue weighted by molar-refractivity contribution is 6.04. The Labute approximate surface area is 179 Å². The Morgan fingerprint density at radius 2 is 1.58 bits per heavy atom. The maximum absolute atomic E-state index is 13.6. The van der Waals surface area contributed by atoms with Crippen LogP contribution in [0.15, 0.2) is 65.7 Å². The fourth-order valence-corrected chi connectivity index (χ4v) is 4.86. The van der Waals surface area contributed by atoms with Gasteiger partial charge in [0.1, 0.15) is 17.2 Å². The SMILES string of the molecule is O=c1c2c3nc4ccccc4nc3n(CCc3ccccc3)c2ncn1C1CCCC1. The molecule has 6 nitrogen and oxygen atoms in total. The van der Waals surface area contributed by atoms with Crippen LogP contribution in [-0.2, 0) is 13.0 Å². The lowest BCUT2D eigenvalue weighted by Gasteiger charge is -2.13. The molecule has 0 unspecified atom stereocenters. The van der Waals surface area contributed by atoms with Gasteiger partial charge in [-0.2, -0.15) is 0 Å². The molecule has 5 aromatic rings. The molecule has 0 radical (unpaired) electrons. The van der Waals surface area contributed by atoms with E-state index in [-0.39, 0.29) is 11.6 Å². The van der Waals surface area contributed by atoms with Crippen molar-refractivity contribution in [2.45, 2.75) is 44.7 Å². The van der Waals surface area contributed by atoms with Crippen LogP contribution in [0.4, 0.5) is 0 Å². The second-order valence-electron chi connectivity index (χ2n) is 8.37. The summed E-state index contributed by atoms with van der Waals surface area (Å²) in [5.74, 6) is 0. The smallest absolute Gasteiger partial charge is 0.265 e. The standard InChI is InChI=1S/C25H23N5O/c31-25-21-22-24(28-20-13-7-6-12-19(20)27-22)29(15-14-17-8-2-1-3-9-17)23(21)26-16-30(25)18-10-4-5-11-18/h1-3,6-9,12-13,16,18H,4-5,10-11,14-15H2. The molecule has 31 heavy (non-hydrogen) atoms. The molecule has 6 heteroatoms. The number of hydrogen-bond acceptors (Lipinski definition) is 4. The number of fused-ring (bicyclic) bond motifs is 4. The lowest BCUT2D eigenvalue weighted by Crippen LogP contribution is -2.24. The molecule has 0 spiro atoms. The number of para-hydroxylation sites is 2. The van der Waals surface area contributed by atoms with Gasteiger partial charge in [-0.25, -0.2) is 15.0 Å². The molecule has 0 bridgehead atoms. The monoisotopic (exact) mass is 409 g/mol. The number of benzene rings is 2. The van der Waals surface area contributed by atoms with Gasteiger partial charge in [0.2, 0.25) is 0 Å². The number of hydrogen-bond donors (Lipinski definition) is 0. The van der Waals surface area contributed by atoms with Crippen molar-refractivity contribution in [2.24, 2.45) is 0 Å². The Morgan fingerprint density at radius 3 is 2.35 bits per heavy atom. The van der Waals surface area contributed by atoms with Crippen molar-refractivity contribution in [3.05, 3.63) is 76.8 Å². The molecule has 0 amide bonds. The zero-order chi connectivity index (χ0) is 20.8. The van der Waals surface area contributed by atoms with Crippen LogP contribution in [0.5, 0.6) is 0 Å². The number of aromatic nitrogens is 5. The third-order valence-corrected chi connectivity index (χ3v) is 6.46. The lowest BCUT2D eigenvalue weighted by atomic mass is 10.1. The van der Waals surface area contributed by atoms with Crippen LogP contribution < -0.4 is 5.56 Å². The Morgan fingerprint density at radius 1 is 0.871 bits per heavy atom. The van der Waals surface area contributed by atoms with Crippen molar-refractivity contribution in [2.75, 3.05) is 0 Å². The van der Waals surface area contributed by atoms with Crippen molar-refractivity contribution in [3.63, 3.8) is 0 Å². The molecular formula is C25H23N5O. The molecule has 3 heterocycles. The molecule has 2 aromatic carbocycles. The maximum Gasteiger partial charge on any atom is 0.265 e. The molecule has 0 N–H and O–H groups in total. The van der Waals surface area contributed by atoms with Gasteiger partial charge in [-0.1, -0.05) is 55.3 Å². The van der Waals surface area contributed by atoms with Gasteiger partial charge in [-0.05, 0) is 37.0 Å². The second kappa shape index (κ2) is 7.30. The lowest BCUT2D eigenvalue weighted by molar-refractivity contribution is 0.498. The van der Waals surface area contributed by atoms with Crippen LogP contribution in [0.25, 0.3) is 33.2 Å². The van der Waals surface area contributed by atoms with Crippen LogP contribution in [0.1, 0.15) is 37.3 Å². The Balaban J connectivity index is 1.60. The van der Waals surface area contributed by atoms with Crippen molar-refractivity contribution < 1.29 is 0 Å². The quantitative estimate of drug-likeness (QED) is 0.433. The summed E-state index contributed by atoms with van der Waals surface area (Å²) in [4.78, 5) is 28.1. The van der Waals surface area contributed by atoms with Crippen LogP contribution in [0, 0.1) is 0 Å². The minimum absolute atomic E-state index is 0.00458. The van der Waals surface area contributed by atoms with Gasteiger partial charge in [-0.3, -0.25) is 9.36 Å². The predicted octanol–water partition coefficient (Wildman–Crippen LogP) is 4.65. The van der Waals surface area contributed by atoms with E-state index in [9.17, 15) is 4.79 Å². The molecule has 1 aliphatic rings. The van der Waals surface area contributed by atoms with Crippen molar-refractivity contribution >= 4 is 33.2 Å². The first-order valence-electron chi connectivity index (χ1n) is 11.0. The molecule has 6 rings (SSSR count). The van der Waals surface area contributed by atoms with Crippen LogP contribution in [-0.4, -0.2) is 24.1 Å². The minimum Gasteiger partial charge on any atom is -0.308 e. The highest BCUT2D eigenvalue weighted by Gasteiger charge is 2.23. The number of aryl methyl sites for hydroxylation is 2. The van der Waals surface area contributed by atoms with E-state index in [0.29, 0.717) is 23.1 Å². The summed E-state index contributed by atoms with van der Waals surface area (Å²) >= 11 is 0. The topological polar surface area (TPSA) is 65.6 Å². The minimum atomic E-state index is 0.00458. The summed E-state index contributed by atoms with van der Waals surface area (Å²) in [6.45, 7) is 0.691. The van der Waals surface area contributed by atoms with Gasteiger partial charge < -0.3 is 4.57 Å². The van der Waals surface area contributed by atoms with E-state index in [1.54, 1.807) is 6.33 Å². The molecule has 0 saturated heterocycles. The average molecular weight is 409 g/mol. The van der Waals surface area contributed by atoms with Crippen LogP contribution in [0.2, 0.25) is 0 Å². The largest absolute Gasteiger partial charge is 0.308 e. The van der Waals surface area contributed by atoms with E-state index in [1.165, 1.54) is 18.4 Å². The molecule has 1 fully saturated rings. The van der Waals surface area contributed by atoms with Gasteiger partial charge in [-0.15, -0.1) is 0 Å². The molecule has 0 aliphatic heterocycles. The first-order chi connectivity index (χ1) is 15.3. The first kappa shape index (κ1) is 18.2. The van der Waals surface area contributed by atoms with E-state index >= 15 is 0 Å². The van der Waals surface area contributed by atoms with Crippen molar-refractivity contribution in [1.82, 2.24) is 24.1 Å². The van der Waals surface area contributed by atoms with E-state index in [4.69, 9.17) is 15.0 Å². The Bertz CT molecular complexity index is 1460. The number of rotatable bonds is 4. The van der Waals surface area contributed by atoms with Gasteiger partial charge in [0, 0.05) is 12.6 Å². The molecule has 1 aliphatic carbocycles. The third-order valence-electron chi connectivity index (χ3n) is 6.46. The molecule has 154 valence electrons. The highest BCUT2D eigenvalue weighted by atomic mass is 16.1. The maximum atomic E-state index is 13.6. The first-order valence-corrected chi connectivity index (χ1v) is 11.0. The van der Waals surface area contributed by atoms with Crippen LogP contribution >= 0.6 is 0 Å². The molecule has 0 atom stereocenters. The summed E-state index contributed by atoms with van der Waals surface area (Å²) < 4.78 is 3.89. The average Bonchev–Trinajstić information content (AvgIpc) is 3.44.